The minimum Gasteiger partial charge on any atom is -0.366 e. The van der Waals surface area contributed by atoms with E-state index in [1.807, 2.05) is 0 Å². The third-order valence-corrected chi connectivity index (χ3v) is 2.39. The first kappa shape index (κ1) is 7.72. The SMILES string of the molecule is O[C@@H]1c2nccn2[C@@H](O)c2nccn21. The summed E-state index contributed by atoms with van der Waals surface area (Å²) in [6.45, 7) is 0. The van der Waals surface area contributed by atoms with Crippen molar-refractivity contribution in [3.05, 3.63) is 36.4 Å². The van der Waals surface area contributed by atoms with Crippen molar-refractivity contribution < 1.29 is 10.2 Å². The van der Waals surface area contributed by atoms with Gasteiger partial charge in [-0.2, -0.15) is 0 Å². The summed E-state index contributed by atoms with van der Waals surface area (Å²) in [6, 6.07) is 0. The zero-order valence-corrected chi connectivity index (χ0v) is 7.15. The molecule has 0 aromatic carbocycles. The van der Waals surface area contributed by atoms with Gasteiger partial charge >= 0.3 is 0 Å². The lowest BCUT2D eigenvalue weighted by molar-refractivity contribution is 0.0536. The van der Waals surface area contributed by atoms with E-state index in [-0.39, 0.29) is 0 Å². The zero-order valence-electron chi connectivity index (χ0n) is 7.15. The summed E-state index contributed by atoms with van der Waals surface area (Å²) in [5, 5.41) is 19.7. The smallest absolute Gasteiger partial charge is 0.191 e. The van der Waals surface area contributed by atoms with Crippen LogP contribution in [-0.2, 0) is 0 Å². The third-order valence-electron chi connectivity index (χ3n) is 2.39. The van der Waals surface area contributed by atoms with E-state index >= 15 is 0 Å². The molecule has 0 radical (unpaired) electrons. The van der Waals surface area contributed by atoms with Crippen LogP contribution in [0.25, 0.3) is 0 Å². The second-order valence-corrected chi connectivity index (χ2v) is 3.13. The molecule has 0 saturated heterocycles. The number of aliphatic hydroxyl groups is 2. The van der Waals surface area contributed by atoms with Gasteiger partial charge in [0.1, 0.15) is 0 Å². The van der Waals surface area contributed by atoms with Crippen molar-refractivity contribution in [3.8, 4) is 0 Å². The lowest BCUT2D eigenvalue weighted by atomic mass is 10.3. The van der Waals surface area contributed by atoms with Gasteiger partial charge in [0, 0.05) is 24.8 Å². The molecule has 14 heavy (non-hydrogen) atoms. The van der Waals surface area contributed by atoms with Crippen molar-refractivity contribution in [2.75, 3.05) is 0 Å². The predicted molar refractivity (Wildman–Crippen MR) is 45.2 cm³/mol. The first-order chi connectivity index (χ1) is 6.79. The summed E-state index contributed by atoms with van der Waals surface area (Å²) in [7, 11) is 0. The monoisotopic (exact) mass is 192 g/mol. The fraction of sp³-hybridized carbons (Fsp3) is 0.250. The molecule has 0 spiro atoms. The molecule has 0 aliphatic carbocycles. The van der Waals surface area contributed by atoms with Gasteiger partial charge in [0.2, 0.25) is 0 Å². The summed E-state index contributed by atoms with van der Waals surface area (Å²) in [5.41, 5.74) is 0. The summed E-state index contributed by atoms with van der Waals surface area (Å²) in [6.07, 6.45) is 4.56. The Labute approximate surface area is 79.1 Å². The Morgan fingerprint density at radius 3 is 1.79 bits per heavy atom. The molecule has 3 heterocycles. The van der Waals surface area contributed by atoms with Crippen LogP contribution in [0.3, 0.4) is 0 Å². The van der Waals surface area contributed by atoms with Crippen LogP contribution in [0.4, 0.5) is 0 Å². The highest BCUT2D eigenvalue weighted by Gasteiger charge is 2.30. The number of aliphatic hydroxyl groups excluding tert-OH is 2. The Morgan fingerprint density at radius 2 is 1.36 bits per heavy atom. The van der Waals surface area contributed by atoms with Gasteiger partial charge < -0.3 is 10.2 Å². The van der Waals surface area contributed by atoms with Gasteiger partial charge in [0.25, 0.3) is 0 Å². The van der Waals surface area contributed by atoms with E-state index in [0.717, 1.165) is 0 Å². The first-order valence-electron chi connectivity index (χ1n) is 4.20. The van der Waals surface area contributed by atoms with Crippen LogP contribution in [0.1, 0.15) is 24.1 Å². The lowest BCUT2D eigenvalue weighted by Crippen LogP contribution is -2.28. The Hall–Kier alpha value is -1.66. The molecule has 3 rings (SSSR count). The van der Waals surface area contributed by atoms with Crippen LogP contribution < -0.4 is 0 Å². The van der Waals surface area contributed by atoms with Gasteiger partial charge in [-0.05, 0) is 0 Å². The number of fused-ring (bicyclic) bond motifs is 2. The van der Waals surface area contributed by atoms with Crippen LogP contribution in [0.2, 0.25) is 0 Å². The largest absolute Gasteiger partial charge is 0.366 e. The number of hydrogen-bond acceptors (Lipinski definition) is 4. The summed E-state index contributed by atoms with van der Waals surface area (Å²) < 4.78 is 2.99. The minimum absolute atomic E-state index is 0.419. The van der Waals surface area contributed by atoms with Crippen molar-refractivity contribution in [1.29, 1.82) is 0 Å². The molecule has 6 heteroatoms. The molecule has 2 aromatic heterocycles. The lowest BCUT2D eigenvalue weighted by Gasteiger charge is -2.25. The quantitative estimate of drug-likeness (QED) is 0.588. The van der Waals surface area contributed by atoms with E-state index in [0.29, 0.717) is 11.6 Å². The number of nitrogens with zero attached hydrogens (tertiary/aromatic N) is 4. The fourth-order valence-electron chi connectivity index (χ4n) is 1.71. The van der Waals surface area contributed by atoms with Crippen LogP contribution >= 0.6 is 0 Å². The summed E-state index contributed by atoms with van der Waals surface area (Å²) in [4.78, 5) is 7.94. The maximum absolute atomic E-state index is 9.84. The molecule has 0 bridgehead atoms. The van der Waals surface area contributed by atoms with Crippen LogP contribution in [-0.4, -0.2) is 29.3 Å². The molecule has 0 unspecified atom stereocenters. The molecule has 2 atom stereocenters. The number of rotatable bonds is 0. The maximum atomic E-state index is 9.84. The summed E-state index contributed by atoms with van der Waals surface area (Å²) >= 11 is 0. The van der Waals surface area contributed by atoms with Crippen molar-refractivity contribution in [3.63, 3.8) is 0 Å². The van der Waals surface area contributed by atoms with Gasteiger partial charge in [0.05, 0.1) is 0 Å². The van der Waals surface area contributed by atoms with Gasteiger partial charge in [-0.25, -0.2) is 9.97 Å². The van der Waals surface area contributed by atoms with E-state index < -0.39 is 12.5 Å². The minimum atomic E-state index is -0.870. The normalized spacial score (nSPS) is 24.4. The molecular weight excluding hydrogens is 184 g/mol. The average molecular weight is 192 g/mol. The predicted octanol–water partition coefficient (Wildman–Crippen LogP) is -0.529. The molecular formula is C8H8N4O2. The second-order valence-electron chi connectivity index (χ2n) is 3.13. The Kier molecular flexibility index (Phi) is 1.34. The highest BCUT2D eigenvalue weighted by Crippen LogP contribution is 2.28. The molecule has 0 amide bonds. The van der Waals surface area contributed by atoms with E-state index in [1.54, 1.807) is 12.4 Å². The maximum Gasteiger partial charge on any atom is 0.191 e. The molecule has 1 aliphatic rings. The van der Waals surface area contributed by atoms with E-state index in [4.69, 9.17) is 0 Å². The molecule has 72 valence electrons. The van der Waals surface area contributed by atoms with Crippen molar-refractivity contribution in [1.82, 2.24) is 19.1 Å². The average Bonchev–Trinajstić information content (AvgIpc) is 2.82. The van der Waals surface area contributed by atoms with Crippen LogP contribution in [0.15, 0.2) is 24.8 Å². The Balaban J connectivity index is 2.26. The fourth-order valence-corrected chi connectivity index (χ4v) is 1.71. The van der Waals surface area contributed by atoms with Crippen LogP contribution in [0, 0.1) is 0 Å². The second kappa shape index (κ2) is 2.43. The van der Waals surface area contributed by atoms with E-state index in [2.05, 4.69) is 9.97 Å². The molecule has 2 aromatic rings. The molecule has 0 saturated carbocycles. The molecule has 0 fully saturated rings. The molecule has 2 N–H and O–H groups in total. The van der Waals surface area contributed by atoms with E-state index in [1.165, 1.54) is 21.5 Å². The zero-order chi connectivity index (χ0) is 9.71. The van der Waals surface area contributed by atoms with Crippen molar-refractivity contribution >= 4 is 0 Å². The Bertz CT molecular complexity index is 394. The third kappa shape index (κ3) is 0.765. The van der Waals surface area contributed by atoms with Crippen molar-refractivity contribution in [2.24, 2.45) is 0 Å². The topological polar surface area (TPSA) is 76.1 Å². The van der Waals surface area contributed by atoms with Gasteiger partial charge in [-0.3, -0.25) is 9.13 Å². The first-order valence-corrected chi connectivity index (χ1v) is 4.20. The number of aromatic nitrogens is 4. The number of imidazole rings is 2. The van der Waals surface area contributed by atoms with Gasteiger partial charge in [0.15, 0.2) is 24.1 Å². The van der Waals surface area contributed by atoms with Gasteiger partial charge in [-0.15, -0.1) is 0 Å². The Morgan fingerprint density at radius 1 is 0.929 bits per heavy atom. The van der Waals surface area contributed by atoms with Crippen molar-refractivity contribution in [2.45, 2.75) is 12.5 Å². The number of hydrogen-bond donors (Lipinski definition) is 2. The summed E-state index contributed by atoms with van der Waals surface area (Å²) in [5.74, 6) is 0.839. The van der Waals surface area contributed by atoms with E-state index in [9.17, 15) is 10.2 Å². The van der Waals surface area contributed by atoms with Crippen LogP contribution in [0.5, 0.6) is 0 Å². The molecule has 1 aliphatic heterocycles. The standard InChI is InChI=1S/C8H8N4O2/c13-7-5-9-1-3-11(5)8(14)6-10-2-4-12(6)7/h1-4,7-8,13-14H/t7-,8+. The molecule has 6 nitrogen and oxygen atoms in total. The van der Waals surface area contributed by atoms with Gasteiger partial charge in [-0.1, -0.05) is 0 Å². The highest BCUT2D eigenvalue weighted by atomic mass is 16.3. The highest BCUT2D eigenvalue weighted by molar-refractivity contribution is 5.12.